The van der Waals surface area contributed by atoms with Crippen LogP contribution in [0.3, 0.4) is 0 Å². The second-order valence-corrected chi connectivity index (χ2v) is 5.81. The number of thioether (sulfide) groups is 1. The maximum absolute atomic E-state index is 5.32. The molecule has 1 rings (SSSR count). The standard InChI is InChI=1S/C12H17BrOS/c1-9(2)7-15-8-10-6-11(13)4-5-12(10)14-3/h4-6,9H,7-8H2,1-3H3. The fourth-order valence-electron chi connectivity index (χ4n) is 1.26. The maximum atomic E-state index is 5.32. The summed E-state index contributed by atoms with van der Waals surface area (Å²) < 4.78 is 6.44. The summed E-state index contributed by atoms with van der Waals surface area (Å²) in [5, 5.41) is 0. The van der Waals surface area contributed by atoms with E-state index in [-0.39, 0.29) is 0 Å². The Hall–Kier alpha value is -0.150. The van der Waals surface area contributed by atoms with E-state index in [1.165, 1.54) is 11.3 Å². The van der Waals surface area contributed by atoms with Crippen molar-refractivity contribution < 1.29 is 4.74 Å². The summed E-state index contributed by atoms with van der Waals surface area (Å²) in [5.41, 5.74) is 1.26. The Morgan fingerprint density at radius 1 is 1.40 bits per heavy atom. The largest absolute Gasteiger partial charge is 0.496 e. The Morgan fingerprint density at radius 2 is 2.13 bits per heavy atom. The molecule has 0 saturated carbocycles. The van der Waals surface area contributed by atoms with Crippen LogP contribution < -0.4 is 4.74 Å². The summed E-state index contributed by atoms with van der Waals surface area (Å²) in [6.07, 6.45) is 0. The molecule has 0 aliphatic rings. The minimum Gasteiger partial charge on any atom is -0.496 e. The SMILES string of the molecule is COc1ccc(Br)cc1CSCC(C)C. The lowest BCUT2D eigenvalue weighted by molar-refractivity contribution is 0.411. The molecule has 0 aromatic heterocycles. The Bertz CT molecular complexity index is 312. The lowest BCUT2D eigenvalue weighted by Crippen LogP contribution is -1.94. The molecule has 15 heavy (non-hydrogen) atoms. The molecule has 1 nitrogen and oxygen atoms in total. The van der Waals surface area contributed by atoms with Gasteiger partial charge in [-0.25, -0.2) is 0 Å². The van der Waals surface area contributed by atoms with Crippen LogP contribution >= 0.6 is 27.7 Å². The van der Waals surface area contributed by atoms with Crippen molar-refractivity contribution in [2.75, 3.05) is 12.9 Å². The number of halogens is 1. The lowest BCUT2D eigenvalue weighted by Gasteiger charge is -2.09. The van der Waals surface area contributed by atoms with Gasteiger partial charge in [-0.05, 0) is 29.9 Å². The van der Waals surface area contributed by atoms with Crippen LogP contribution in [0.25, 0.3) is 0 Å². The van der Waals surface area contributed by atoms with Crippen molar-refractivity contribution in [2.24, 2.45) is 5.92 Å². The fraction of sp³-hybridized carbons (Fsp3) is 0.500. The van der Waals surface area contributed by atoms with Gasteiger partial charge in [0.2, 0.25) is 0 Å². The predicted molar refractivity (Wildman–Crippen MR) is 71.7 cm³/mol. The van der Waals surface area contributed by atoms with Crippen molar-refractivity contribution in [2.45, 2.75) is 19.6 Å². The molecule has 84 valence electrons. The number of ether oxygens (including phenoxy) is 1. The van der Waals surface area contributed by atoms with Gasteiger partial charge in [0, 0.05) is 15.8 Å². The molecule has 0 aliphatic carbocycles. The maximum Gasteiger partial charge on any atom is 0.122 e. The van der Waals surface area contributed by atoms with Crippen molar-refractivity contribution in [3.05, 3.63) is 28.2 Å². The summed E-state index contributed by atoms with van der Waals surface area (Å²) in [7, 11) is 1.72. The Balaban J connectivity index is 2.62. The van der Waals surface area contributed by atoms with Crippen molar-refractivity contribution in [3.63, 3.8) is 0 Å². The van der Waals surface area contributed by atoms with E-state index in [2.05, 4.69) is 35.8 Å². The van der Waals surface area contributed by atoms with Gasteiger partial charge in [0.15, 0.2) is 0 Å². The van der Waals surface area contributed by atoms with Crippen LogP contribution in [0.2, 0.25) is 0 Å². The minimum atomic E-state index is 0.744. The Labute approximate surface area is 105 Å². The van der Waals surface area contributed by atoms with E-state index in [1.54, 1.807) is 7.11 Å². The molecule has 1 aromatic carbocycles. The predicted octanol–water partition coefficient (Wildman–Crippen LogP) is 4.35. The molecule has 0 aliphatic heterocycles. The summed E-state index contributed by atoms with van der Waals surface area (Å²) in [6, 6.07) is 6.15. The van der Waals surface area contributed by atoms with Gasteiger partial charge >= 0.3 is 0 Å². The van der Waals surface area contributed by atoms with Gasteiger partial charge in [0.05, 0.1) is 7.11 Å². The molecule has 0 radical (unpaired) electrons. The van der Waals surface area contributed by atoms with Crippen LogP contribution in [0.15, 0.2) is 22.7 Å². The van der Waals surface area contributed by atoms with Crippen LogP contribution in [-0.4, -0.2) is 12.9 Å². The van der Waals surface area contributed by atoms with Crippen LogP contribution in [-0.2, 0) is 5.75 Å². The van der Waals surface area contributed by atoms with E-state index >= 15 is 0 Å². The third-order valence-corrected chi connectivity index (χ3v) is 3.86. The zero-order valence-electron chi connectivity index (χ0n) is 9.42. The van der Waals surface area contributed by atoms with E-state index in [0.717, 1.165) is 21.9 Å². The number of hydrogen-bond acceptors (Lipinski definition) is 2. The van der Waals surface area contributed by atoms with E-state index in [1.807, 2.05) is 23.9 Å². The third-order valence-electron chi connectivity index (χ3n) is 1.95. The molecular formula is C12H17BrOS. The quantitative estimate of drug-likeness (QED) is 0.797. The molecule has 0 amide bonds. The molecule has 0 spiro atoms. The summed E-state index contributed by atoms with van der Waals surface area (Å²) >= 11 is 5.43. The molecule has 0 fully saturated rings. The summed E-state index contributed by atoms with van der Waals surface area (Å²) in [5.74, 6) is 3.93. The number of methoxy groups -OCH3 is 1. The molecule has 0 bridgehead atoms. The molecule has 0 N–H and O–H groups in total. The van der Waals surface area contributed by atoms with Crippen LogP contribution in [0.4, 0.5) is 0 Å². The average Bonchev–Trinajstić information content (AvgIpc) is 2.17. The van der Waals surface area contributed by atoms with Gasteiger partial charge in [-0.2, -0.15) is 11.8 Å². The van der Waals surface area contributed by atoms with Gasteiger partial charge in [0.1, 0.15) is 5.75 Å². The first-order valence-electron chi connectivity index (χ1n) is 5.03. The topological polar surface area (TPSA) is 9.23 Å². The van der Waals surface area contributed by atoms with Gasteiger partial charge in [-0.15, -0.1) is 0 Å². The zero-order chi connectivity index (χ0) is 11.3. The second-order valence-electron chi connectivity index (χ2n) is 3.87. The molecular weight excluding hydrogens is 272 g/mol. The molecule has 0 saturated heterocycles. The van der Waals surface area contributed by atoms with Crippen LogP contribution in [0.1, 0.15) is 19.4 Å². The Kier molecular flexibility index (Phi) is 5.54. The summed E-state index contributed by atoms with van der Waals surface area (Å²) in [4.78, 5) is 0. The highest BCUT2D eigenvalue weighted by atomic mass is 79.9. The summed E-state index contributed by atoms with van der Waals surface area (Å²) in [6.45, 7) is 4.48. The monoisotopic (exact) mass is 288 g/mol. The lowest BCUT2D eigenvalue weighted by atomic mass is 10.2. The second kappa shape index (κ2) is 6.44. The first-order chi connectivity index (χ1) is 7.13. The highest BCUT2D eigenvalue weighted by Gasteiger charge is 2.04. The van der Waals surface area contributed by atoms with E-state index < -0.39 is 0 Å². The van der Waals surface area contributed by atoms with Crippen molar-refractivity contribution in [1.82, 2.24) is 0 Å². The smallest absolute Gasteiger partial charge is 0.122 e. The van der Waals surface area contributed by atoms with E-state index in [4.69, 9.17) is 4.74 Å². The molecule has 0 unspecified atom stereocenters. The molecule has 0 heterocycles. The van der Waals surface area contributed by atoms with Crippen LogP contribution in [0, 0.1) is 5.92 Å². The first kappa shape index (κ1) is 12.9. The van der Waals surface area contributed by atoms with Crippen molar-refractivity contribution in [1.29, 1.82) is 0 Å². The fourth-order valence-corrected chi connectivity index (χ4v) is 2.71. The molecule has 0 atom stereocenters. The van der Waals surface area contributed by atoms with Crippen LogP contribution in [0.5, 0.6) is 5.75 Å². The van der Waals surface area contributed by atoms with E-state index in [9.17, 15) is 0 Å². The van der Waals surface area contributed by atoms with Gasteiger partial charge in [-0.3, -0.25) is 0 Å². The first-order valence-corrected chi connectivity index (χ1v) is 6.98. The number of rotatable bonds is 5. The van der Waals surface area contributed by atoms with Gasteiger partial charge in [-0.1, -0.05) is 29.8 Å². The normalized spacial score (nSPS) is 10.7. The van der Waals surface area contributed by atoms with E-state index in [0.29, 0.717) is 0 Å². The zero-order valence-corrected chi connectivity index (χ0v) is 11.8. The Morgan fingerprint density at radius 3 is 2.73 bits per heavy atom. The minimum absolute atomic E-state index is 0.744. The average molecular weight is 289 g/mol. The molecule has 1 aromatic rings. The molecule has 3 heteroatoms. The highest BCUT2D eigenvalue weighted by molar-refractivity contribution is 9.10. The third kappa shape index (κ3) is 4.47. The highest BCUT2D eigenvalue weighted by Crippen LogP contribution is 2.27. The van der Waals surface area contributed by atoms with Gasteiger partial charge in [0.25, 0.3) is 0 Å². The van der Waals surface area contributed by atoms with Crippen molar-refractivity contribution >= 4 is 27.7 Å². The number of benzene rings is 1. The van der Waals surface area contributed by atoms with Crippen molar-refractivity contribution in [3.8, 4) is 5.75 Å². The number of hydrogen-bond donors (Lipinski definition) is 0. The van der Waals surface area contributed by atoms with Gasteiger partial charge < -0.3 is 4.74 Å².